The van der Waals surface area contributed by atoms with E-state index >= 15 is 0 Å². The normalized spacial score (nSPS) is 15.5. The number of halogens is 4. The number of hydrogen-bond donors (Lipinski definition) is 2. The lowest BCUT2D eigenvalue weighted by molar-refractivity contribution is -0.132. The van der Waals surface area contributed by atoms with Crippen LogP contribution >= 0.6 is 24.0 Å². The van der Waals surface area contributed by atoms with Gasteiger partial charge < -0.3 is 20.3 Å². The van der Waals surface area contributed by atoms with E-state index in [-0.39, 0.29) is 30.5 Å². The number of rotatable bonds is 9. The summed E-state index contributed by atoms with van der Waals surface area (Å²) in [5.74, 6) is 1.30. The molecule has 1 aromatic rings. The summed E-state index contributed by atoms with van der Waals surface area (Å²) in [6.45, 7) is 7.77. The Bertz CT molecular complexity index is 620. The summed E-state index contributed by atoms with van der Waals surface area (Å²) in [4.78, 5) is 9.14. The molecule has 0 atom stereocenters. The van der Waals surface area contributed by atoms with Crippen LogP contribution in [-0.4, -0.2) is 76.5 Å². The van der Waals surface area contributed by atoms with E-state index in [1.54, 1.807) is 7.11 Å². The number of aliphatic imine (C=N–C) groups is 1. The van der Waals surface area contributed by atoms with Gasteiger partial charge in [-0.3, -0.25) is 9.89 Å². The van der Waals surface area contributed by atoms with Crippen LogP contribution in [-0.2, 0) is 0 Å². The maximum absolute atomic E-state index is 12.3. The molecule has 1 aromatic carbocycles. The third kappa shape index (κ3) is 10.1. The van der Waals surface area contributed by atoms with Crippen molar-refractivity contribution in [3.8, 4) is 5.75 Å². The minimum atomic E-state index is -4.15. The maximum atomic E-state index is 12.3. The smallest absolute Gasteiger partial charge is 0.390 e. The maximum Gasteiger partial charge on any atom is 0.390 e. The van der Waals surface area contributed by atoms with Crippen molar-refractivity contribution in [1.82, 2.24) is 15.5 Å². The van der Waals surface area contributed by atoms with Gasteiger partial charge in [0.1, 0.15) is 5.75 Å². The molecule has 0 amide bonds. The van der Waals surface area contributed by atoms with Gasteiger partial charge in [0, 0.05) is 58.0 Å². The molecule has 1 aliphatic heterocycles. The fourth-order valence-electron chi connectivity index (χ4n) is 3.17. The monoisotopic (exact) mass is 543 g/mol. The molecule has 1 heterocycles. The molecule has 0 aromatic heterocycles. The summed E-state index contributed by atoms with van der Waals surface area (Å²) in [6, 6.07) is 8.11. The average Bonchev–Trinajstić information content (AvgIpc) is 2.71. The van der Waals surface area contributed by atoms with Gasteiger partial charge in [0.15, 0.2) is 5.96 Å². The summed E-state index contributed by atoms with van der Waals surface area (Å²) in [5.41, 5.74) is 1.20. The van der Waals surface area contributed by atoms with Gasteiger partial charge in [0.25, 0.3) is 0 Å². The molecule has 172 valence electrons. The Morgan fingerprint density at radius 2 is 1.77 bits per heavy atom. The molecule has 0 unspecified atom stereocenters. The predicted molar refractivity (Wildman–Crippen MR) is 126 cm³/mol. The third-order valence-corrected chi connectivity index (χ3v) is 4.76. The minimum absolute atomic E-state index is 0. The number of anilines is 1. The fraction of sp³-hybridized carbons (Fsp3) is 0.650. The molecule has 0 bridgehead atoms. The second kappa shape index (κ2) is 13.8. The molecule has 1 aliphatic rings. The number of hydrogen-bond acceptors (Lipinski definition) is 4. The lowest BCUT2D eigenvalue weighted by Crippen LogP contribution is -2.46. The van der Waals surface area contributed by atoms with Gasteiger partial charge in [-0.05, 0) is 37.6 Å². The summed E-state index contributed by atoms with van der Waals surface area (Å²) in [6.07, 6.45) is -4.15. The summed E-state index contributed by atoms with van der Waals surface area (Å²) < 4.78 is 42.0. The first-order valence-corrected chi connectivity index (χ1v) is 10.1. The van der Waals surface area contributed by atoms with Crippen molar-refractivity contribution in [2.45, 2.75) is 25.9 Å². The molecular weight excluding hydrogens is 510 g/mol. The third-order valence-electron chi connectivity index (χ3n) is 4.76. The van der Waals surface area contributed by atoms with Crippen molar-refractivity contribution < 1.29 is 17.9 Å². The zero-order chi connectivity index (χ0) is 21.1. The van der Waals surface area contributed by atoms with E-state index in [0.717, 1.165) is 44.9 Å². The molecule has 1 fully saturated rings. The second-order valence-corrected chi connectivity index (χ2v) is 6.93. The van der Waals surface area contributed by atoms with Crippen LogP contribution in [0.2, 0.25) is 0 Å². The molecule has 30 heavy (non-hydrogen) atoms. The van der Waals surface area contributed by atoms with Crippen LogP contribution in [0.1, 0.15) is 19.8 Å². The topological polar surface area (TPSA) is 52.1 Å². The molecule has 0 radical (unpaired) electrons. The average molecular weight is 543 g/mol. The first-order chi connectivity index (χ1) is 13.9. The fourth-order valence-corrected chi connectivity index (χ4v) is 3.17. The van der Waals surface area contributed by atoms with Crippen molar-refractivity contribution >= 4 is 35.6 Å². The molecule has 2 N–H and O–H groups in total. The zero-order valence-electron chi connectivity index (χ0n) is 17.7. The Balaban J connectivity index is 0.00000450. The number of guanidine groups is 1. The summed E-state index contributed by atoms with van der Waals surface area (Å²) in [5, 5.41) is 5.72. The Kier molecular flexibility index (Phi) is 12.2. The molecule has 0 saturated carbocycles. The van der Waals surface area contributed by atoms with Crippen LogP contribution in [0.4, 0.5) is 18.9 Å². The van der Waals surface area contributed by atoms with Crippen molar-refractivity contribution in [1.29, 1.82) is 0 Å². The Morgan fingerprint density at radius 3 is 2.33 bits per heavy atom. The zero-order valence-corrected chi connectivity index (χ0v) is 20.0. The van der Waals surface area contributed by atoms with Gasteiger partial charge in [-0.25, -0.2) is 0 Å². The first kappa shape index (κ1) is 26.6. The number of alkyl halides is 3. The van der Waals surface area contributed by atoms with Gasteiger partial charge >= 0.3 is 6.18 Å². The van der Waals surface area contributed by atoms with E-state index in [2.05, 4.69) is 37.6 Å². The number of piperazine rings is 1. The highest BCUT2D eigenvalue weighted by molar-refractivity contribution is 14.0. The number of nitrogens with one attached hydrogen (secondary N) is 2. The van der Waals surface area contributed by atoms with Crippen LogP contribution in [0, 0.1) is 0 Å². The van der Waals surface area contributed by atoms with Crippen molar-refractivity contribution in [3.05, 3.63) is 24.3 Å². The highest BCUT2D eigenvalue weighted by Crippen LogP contribution is 2.20. The molecule has 1 saturated heterocycles. The number of ether oxygens (including phenoxy) is 1. The van der Waals surface area contributed by atoms with Gasteiger partial charge in [-0.2, -0.15) is 13.2 Å². The van der Waals surface area contributed by atoms with Crippen LogP contribution < -0.4 is 20.3 Å². The Labute approximate surface area is 194 Å². The molecule has 6 nitrogen and oxygen atoms in total. The van der Waals surface area contributed by atoms with E-state index in [1.165, 1.54) is 5.69 Å². The number of methoxy groups -OCH3 is 1. The standard InChI is InChI=1S/C20H32F3N5O.HI/c1-3-24-19(26-11-9-20(21,22)23)25-10-4-12-27-13-15-28(16-14-27)17-5-7-18(29-2)8-6-17;/h5-8H,3-4,9-16H2,1-2H3,(H2,24,25,26);1H. The van der Waals surface area contributed by atoms with Crippen LogP contribution in [0.25, 0.3) is 0 Å². The predicted octanol–water partition coefficient (Wildman–Crippen LogP) is 3.33. The summed E-state index contributed by atoms with van der Waals surface area (Å²) in [7, 11) is 1.66. The van der Waals surface area contributed by atoms with Gasteiger partial charge in [0.05, 0.1) is 13.5 Å². The van der Waals surface area contributed by atoms with Crippen LogP contribution in [0.3, 0.4) is 0 Å². The first-order valence-electron chi connectivity index (χ1n) is 10.1. The second-order valence-electron chi connectivity index (χ2n) is 6.93. The van der Waals surface area contributed by atoms with Gasteiger partial charge in [-0.1, -0.05) is 0 Å². The van der Waals surface area contributed by atoms with Gasteiger partial charge in [-0.15, -0.1) is 24.0 Å². The summed E-state index contributed by atoms with van der Waals surface area (Å²) >= 11 is 0. The van der Waals surface area contributed by atoms with Crippen molar-refractivity contribution in [3.63, 3.8) is 0 Å². The number of nitrogens with zero attached hydrogens (tertiary/aromatic N) is 3. The van der Waals surface area contributed by atoms with Crippen molar-refractivity contribution in [2.75, 3.05) is 64.4 Å². The highest BCUT2D eigenvalue weighted by atomic mass is 127. The lowest BCUT2D eigenvalue weighted by Gasteiger charge is -2.36. The van der Waals surface area contributed by atoms with E-state index in [9.17, 15) is 13.2 Å². The van der Waals surface area contributed by atoms with Crippen LogP contribution in [0.5, 0.6) is 5.75 Å². The van der Waals surface area contributed by atoms with Crippen molar-refractivity contribution in [2.24, 2.45) is 4.99 Å². The SMILES string of the molecule is CCNC(=NCCCN1CCN(c2ccc(OC)cc2)CC1)NCCC(F)(F)F.I. The van der Waals surface area contributed by atoms with E-state index in [0.29, 0.717) is 19.0 Å². The quantitative estimate of drug-likeness (QED) is 0.217. The molecule has 10 heteroatoms. The lowest BCUT2D eigenvalue weighted by atomic mass is 10.2. The van der Waals surface area contributed by atoms with Crippen LogP contribution in [0.15, 0.2) is 29.3 Å². The highest BCUT2D eigenvalue weighted by Gasteiger charge is 2.26. The molecule has 0 aliphatic carbocycles. The van der Waals surface area contributed by atoms with Gasteiger partial charge in [0.2, 0.25) is 0 Å². The molecule has 2 rings (SSSR count). The van der Waals surface area contributed by atoms with E-state index in [4.69, 9.17) is 4.74 Å². The Hall–Kier alpha value is -1.43. The molecular formula is C20H33F3IN5O. The minimum Gasteiger partial charge on any atom is -0.497 e. The van der Waals surface area contributed by atoms with E-state index in [1.807, 2.05) is 19.1 Å². The number of benzene rings is 1. The largest absolute Gasteiger partial charge is 0.497 e. The molecule has 0 spiro atoms. The van der Waals surface area contributed by atoms with E-state index < -0.39 is 12.6 Å². The Morgan fingerprint density at radius 1 is 1.10 bits per heavy atom.